The Hall–Kier alpha value is -2.50. The Balaban J connectivity index is 1.50. The highest BCUT2D eigenvalue weighted by atomic mass is 16.1. The van der Waals surface area contributed by atoms with Crippen LogP contribution in [0.1, 0.15) is 64.0 Å². The minimum absolute atomic E-state index is 0.0503. The van der Waals surface area contributed by atoms with Crippen LogP contribution in [0.2, 0.25) is 0 Å². The molecule has 1 saturated heterocycles. The average Bonchev–Trinajstić information content (AvgIpc) is 3.33. The van der Waals surface area contributed by atoms with E-state index in [1.165, 1.54) is 18.5 Å². The summed E-state index contributed by atoms with van der Waals surface area (Å²) in [5.74, 6) is 2.09. The Morgan fingerprint density at radius 2 is 1.83 bits per heavy atom. The highest BCUT2D eigenvalue weighted by Crippen LogP contribution is 2.39. The van der Waals surface area contributed by atoms with E-state index < -0.39 is 0 Å². The maximum Gasteiger partial charge on any atom is 0.225 e. The van der Waals surface area contributed by atoms with Crippen molar-refractivity contribution in [3.05, 3.63) is 36.4 Å². The molecule has 2 fully saturated rings. The summed E-state index contributed by atoms with van der Waals surface area (Å²) in [7, 11) is 0. The minimum Gasteiger partial charge on any atom is -0.356 e. The molecule has 1 aliphatic carbocycles. The van der Waals surface area contributed by atoms with Crippen molar-refractivity contribution >= 4 is 11.9 Å². The van der Waals surface area contributed by atoms with E-state index in [0.717, 1.165) is 62.4 Å². The predicted molar refractivity (Wildman–Crippen MR) is 119 cm³/mol. The lowest BCUT2D eigenvalue weighted by Gasteiger charge is -2.30. The van der Waals surface area contributed by atoms with Gasteiger partial charge in [0.2, 0.25) is 11.9 Å². The zero-order valence-corrected chi connectivity index (χ0v) is 18.2. The molecule has 1 aliphatic heterocycles. The standard InChI is InChI=1S/C24H33N5O/c1-17(2)23(30)26-15-18-5-7-20(8-6-18)22-21(19-9-11-25-12-10-19)16-27-24(28-22)29-13-3-4-14-29/h9-12,16-18,20H,3-8,13-15H2,1-2H3,(H,26,30). The van der Waals surface area contributed by atoms with E-state index in [4.69, 9.17) is 9.97 Å². The number of nitrogens with one attached hydrogen (secondary N) is 1. The summed E-state index contributed by atoms with van der Waals surface area (Å²) in [5, 5.41) is 3.11. The van der Waals surface area contributed by atoms with E-state index in [1.54, 1.807) is 0 Å². The third-order valence-electron chi connectivity index (χ3n) is 6.51. The first-order valence-corrected chi connectivity index (χ1v) is 11.4. The Labute approximate surface area is 179 Å². The molecule has 4 rings (SSSR count). The number of nitrogens with zero attached hydrogens (tertiary/aromatic N) is 4. The van der Waals surface area contributed by atoms with Crippen molar-refractivity contribution in [1.29, 1.82) is 0 Å². The zero-order chi connectivity index (χ0) is 20.9. The molecule has 0 spiro atoms. The summed E-state index contributed by atoms with van der Waals surface area (Å²) in [6, 6.07) is 4.09. The molecule has 2 aliphatic rings. The van der Waals surface area contributed by atoms with Crippen LogP contribution in [0.4, 0.5) is 5.95 Å². The topological polar surface area (TPSA) is 71.0 Å². The summed E-state index contributed by atoms with van der Waals surface area (Å²) in [6.45, 7) is 6.79. The first-order chi connectivity index (χ1) is 14.6. The van der Waals surface area contributed by atoms with E-state index in [2.05, 4.69) is 15.2 Å². The van der Waals surface area contributed by atoms with Gasteiger partial charge in [-0.25, -0.2) is 9.97 Å². The molecule has 1 saturated carbocycles. The molecule has 0 bridgehead atoms. The normalized spacial score (nSPS) is 21.8. The van der Waals surface area contributed by atoms with Gasteiger partial charge in [-0.1, -0.05) is 13.8 Å². The third kappa shape index (κ3) is 4.79. The molecule has 6 nitrogen and oxygen atoms in total. The summed E-state index contributed by atoms with van der Waals surface area (Å²) in [6.07, 6.45) is 12.6. The van der Waals surface area contributed by atoms with Crippen LogP contribution in [-0.4, -0.2) is 40.5 Å². The van der Waals surface area contributed by atoms with E-state index in [0.29, 0.717) is 11.8 Å². The first-order valence-electron chi connectivity index (χ1n) is 11.4. The lowest BCUT2D eigenvalue weighted by atomic mass is 9.79. The fourth-order valence-electron chi connectivity index (χ4n) is 4.61. The first kappa shape index (κ1) is 20.8. The number of carbonyl (C=O) groups is 1. The van der Waals surface area contributed by atoms with E-state index in [1.807, 2.05) is 44.6 Å². The monoisotopic (exact) mass is 407 g/mol. The molecule has 0 aromatic carbocycles. The maximum absolute atomic E-state index is 11.9. The minimum atomic E-state index is 0.0503. The van der Waals surface area contributed by atoms with Crippen LogP contribution in [0.3, 0.4) is 0 Å². The molecule has 1 amide bonds. The van der Waals surface area contributed by atoms with Crippen molar-refractivity contribution in [1.82, 2.24) is 20.3 Å². The van der Waals surface area contributed by atoms with Gasteiger partial charge in [-0.05, 0) is 62.1 Å². The van der Waals surface area contributed by atoms with E-state index in [-0.39, 0.29) is 11.8 Å². The number of aromatic nitrogens is 3. The molecule has 0 radical (unpaired) electrons. The second-order valence-corrected chi connectivity index (χ2v) is 9.02. The number of rotatable bonds is 6. The SMILES string of the molecule is CC(C)C(=O)NCC1CCC(c2nc(N3CCCC3)ncc2-c2ccncc2)CC1. The number of hydrogen-bond acceptors (Lipinski definition) is 5. The van der Waals surface area contributed by atoms with Gasteiger partial charge in [0.1, 0.15) is 0 Å². The second-order valence-electron chi connectivity index (χ2n) is 9.02. The van der Waals surface area contributed by atoms with Gasteiger partial charge in [0.15, 0.2) is 0 Å². The van der Waals surface area contributed by atoms with Crippen molar-refractivity contribution in [2.75, 3.05) is 24.5 Å². The Morgan fingerprint density at radius 3 is 2.50 bits per heavy atom. The van der Waals surface area contributed by atoms with E-state index in [9.17, 15) is 4.79 Å². The van der Waals surface area contributed by atoms with Crippen LogP contribution < -0.4 is 10.2 Å². The number of anilines is 1. The fourth-order valence-corrected chi connectivity index (χ4v) is 4.61. The molecule has 160 valence electrons. The Bertz CT molecular complexity index is 840. The summed E-state index contributed by atoms with van der Waals surface area (Å²) < 4.78 is 0. The van der Waals surface area contributed by atoms with Gasteiger partial charge < -0.3 is 10.2 Å². The van der Waals surface area contributed by atoms with E-state index >= 15 is 0 Å². The Kier molecular flexibility index (Phi) is 6.60. The van der Waals surface area contributed by atoms with Gasteiger partial charge in [-0.15, -0.1) is 0 Å². The smallest absolute Gasteiger partial charge is 0.225 e. The van der Waals surface area contributed by atoms with Crippen LogP contribution in [0.5, 0.6) is 0 Å². The van der Waals surface area contributed by atoms with Gasteiger partial charge in [-0.3, -0.25) is 9.78 Å². The molecule has 0 atom stereocenters. The van der Waals surface area contributed by atoms with Gasteiger partial charge in [-0.2, -0.15) is 0 Å². The van der Waals surface area contributed by atoms with Crippen molar-refractivity contribution in [2.45, 2.75) is 58.3 Å². The zero-order valence-electron chi connectivity index (χ0n) is 18.2. The lowest BCUT2D eigenvalue weighted by Crippen LogP contribution is -2.33. The van der Waals surface area contributed by atoms with Crippen molar-refractivity contribution in [2.24, 2.45) is 11.8 Å². The van der Waals surface area contributed by atoms with Gasteiger partial charge in [0.05, 0.1) is 5.69 Å². The number of carbonyl (C=O) groups excluding carboxylic acids is 1. The molecule has 6 heteroatoms. The highest BCUT2D eigenvalue weighted by molar-refractivity contribution is 5.77. The summed E-state index contributed by atoms with van der Waals surface area (Å²) in [5.41, 5.74) is 3.46. The average molecular weight is 408 g/mol. The summed E-state index contributed by atoms with van der Waals surface area (Å²) in [4.78, 5) is 28.2. The largest absolute Gasteiger partial charge is 0.356 e. The van der Waals surface area contributed by atoms with Gasteiger partial charge in [0, 0.05) is 55.6 Å². The molecule has 2 aromatic rings. The quantitative estimate of drug-likeness (QED) is 0.778. The maximum atomic E-state index is 11.9. The van der Waals surface area contributed by atoms with Crippen LogP contribution in [0.25, 0.3) is 11.1 Å². The van der Waals surface area contributed by atoms with Crippen LogP contribution in [-0.2, 0) is 4.79 Å². The molecule has 3 heterocycles. The molecule has 30 heavy (non-hydrogen) atoms. The van der Waals surface area contributed by atoms with Crippen LogP contribution in [0, 0.1) is 11.8 Å². The molecule has 2 aromatic heterocycles. The molecule has 1 N–H and O–H groups in total. The van der Waals surface area contributed by atoms with Crippen LogP contribution >= 0.6 is 0 Å². The number of amides is 1. The predicted octanol–water partition coefficient (Wildman–Crippen LogP) is 4.18. The third-order valence-corrected chi connectivity index (χ3v) is 6.51. The molecular weight excluding hydrogens is 374 g/mol. The van der Waals surface area contributed by atoms with Gasteiger partial charge >= 0.3 is 0 Å². The molecular formula is C24H33N5O. The highest BCUT2D eigenvalue weighted by Gasteiger charge is 2.27. The van der Waals surface area contributed by atoms with Gasteiger partial charge in [0.25, 0.3) is 0 Å². The van der Waals surface area contributed by atoms with Crippen molar-refractivity contribution in [3.63, 3.8) is 0 Å². The van der Waals surface area contributed by atoms with Crippen molar-refractivity contribution < 1.29 is 4.79 Å². The van der Waals surface area contributed by atoms with Crippen molar-refractivity contribution in [3.8, 4) is 11.1 Å². The lowest BCUT2D eigenvalue weighted by molar-refractivity contribution is -0.124. The summed E-state index contributed by atoms with van der Waals surface area (Å²) >= 11 is 0. The second kappa shape index (κ2) is 9.54. The van der Waals surface area contributed by atoms with Crippen LogP contribution in [0.15, 0.2) is 30.7 Å². The fraction of sp³-hybridized carbons (Fsp3) is 0.583. The Morgan fingerprint density at radius 1 is 1.13 bits per heavy atom. The number of hydrogen-bond donors (Lipinski definition) is 1. The number of pyridine rings is 1. The molecule has 0 unspecified atom stereocenters.